The molecule has 4 rings (SSSR count). The molecule has 132 valence electrons. The maximum atomic E-state index is 14.0. The molecule has 25 heavy (non-hydrogen) atoms. The minimum absolute atomic E-state index is 0.158. The average Bonchev–Trinajstić information content (AvgIpc) is 3.03. The lowest BCUT2D eigenvalue weighted by atomic mass is 9.95. The van der Waals surface area contributed by atoms with Crippen molar-refractivity contribution >= 4 is 17.7 Å². The summed E-state index contributed by atoms with van der Waals surface area (Å²) in [5, 5.41) is 0. The highest BCUT2D eigenvalue weighted by molar-refractivity contribution is 6.02. The van der Waals surface area contributed by atoms with Crippen LogP contribution in [-0.2, 0) is 9.59 Å². The number of likely N-dealkylation sites (tertiary alicyclic amines) is 1. The lowest BCUT2D eigenvalue weighted by molar-refractivity contribution is -0.142. The number of imide groups is 1. The monoisotopic (exact) mass is 348 g/mol. The van der Waals surface area contributed by atoms with Gasteiger partial charge in [0.15, 0.2) is 0 Å². The van der Waals surface area contributed by atoms with Crippen LogP contribution in [0.15, 0.2) is 18.2 Å². The SMILES string of the molecule is O=C1CCC(=O)N1C1CC2CCC(C1)N2C(=O)c1c(F)cccc1F. The summed E-state index contributed by atoms with van der Waals surface area (Å²) in [6.07, 6.45) is 2.89. The largest absolute Gasteiger partial charge is 0.332 e. The van der Waals surface area contributed by atoms with Crippen LogP contribution in [-0.4, -0.2) is 45.6 Å². The molecule has 2 atom stereocenters. The number of nitrogens with zero attached hydrogens (tertiary/aromatic N) is 2. The molecular formula is C18H18F2N2O3. The third kappa shape index (κ3) is 2.53. The zero-order valence-corrected chi connectivity index (χ0v) is 13.6. The van der Waals surface area contributed by atoms with Crippen molar-refractivity contribution in [1.29, 1.82) is 0 Å². The smallest absolute Gasteiger partial charge is 0.260 e. The van der Waals surface area contributed by atoms with Crippen molar-refractivity contribution in [3.63, 3.8) is 0 Å². The fourth-order valence-corrected chi connectivity index (χ4v) is 4.52. The molecule has 1 aromatic rings. The van der Waals surface area contributed by atoms with E-state index in [4.69, 9.17) is 0 Å². The highest BCUT2D eigenvalue weighted by atomic mass is 19.1. The lowest BCUT2D eigenvalue weighted by Crippen LogP contribution is -2.53. The second kappa shape index (κ2) is 5.89. The van der Waals surface area contributed by atoms with Crippen molar-refractivity contribution in [3.8, 4) is 0 Å². The molecule has 3 aliphatic rings. The highest BCUT2D eigenvalue weighted by Gasteiger charge is 2.48. The van der Waals surface area contributed by atoms with E-state index in [2.05, 4.69) is 0 Å². The van der Waals surface area contributed by atoms with E-state index in [1.54, 1.807) is 4.90 Å². The minimum Gasteiger partial charge on any atom is -0.332 e. The van der Waals surface area contributed by atoms with Gasteiger partial charge in [-0.25, -0.2) is 8.78 Å². The summed E-state index contributed by atoms with van der Waals surface area (Å²) in [5.74, 6) is -2.68. The first-order chi connectivity index (χ1) is 12.0. The summed E-state index contributed by atoms with van der Waals surface area (Å²) in [6.45, 7) is 0. The van der Waals surface area contributed by atoms with Crippen molar-refractivity contribution in [1.82, 2.24) is 9.80 Å². The van der Waals surface area contributed by atoms with E-state index in [0.29, 0.717) is 12.8 Å². The van der Waals surface area contributed by atoms with E-state index in [0.717, 1.165) is 25.0 Å². The maximum Gasteiger partial charge on any atom is 0.260 e. The van der Waals surface area contributed by atoms with Crippen LogP contribution in [0.3, 0.4) is 0 Å². The maximum absolute atomic E-state index is 14.0. The Morgan fingerprint density at radius 1 is 0.920 bits per heavy atom. The number of halogens is 2. The van der Waals surface area contributed by atoms with E-state index < -0.39 is 23.1 Å². The number of piperidine rings is 1. The van der Waals surface area contributed by atoms with Crippen molar-refractivity contribution < 1.29 is 23.2 Å². The number of hydrogen-bond acceptors (Lipinski definition) is 3. The molecule has 3 heterocycles. The predicted molar refractivity (Wildman–Crippen MR) is 83.4 cm³/mol. The second-order valence-electron chi connectivity index (χ2n) is 6.98. The molecule has 0 saturated carbocycles. The lowest BCUT2D eigenvalue weighted by Gasteiger charge is -2.41. The van der Waals surface area contributed by atoms with E-state index in [1.807, 2.05) is 0 Å². The van der Waals surface area contributed by atoms with Gasteiger partial charge in [-0.2, -0.15) is 0 Å². The van der Waals surface area contributed by atoms with Gasteiger partial charge < -0.3 is 4.90 Å². The highest BCUT2D eigenvalue weighted by Crippen LogP contribution is 2.40. The normalized spacial score (nSPS) is 28.8. The molecule has 0 aromatic heterocycles. The second-order valence-corrected chi connectivity index (χ2v) is 6.98. The van der Waals surface area contributed by atoms with Gasteiger partial charge in [0.05, 0.1) is 0 Å². The van der Waals surface area contributed by atoms with E-state index in [9.17, 15) is 23.2 Å². The van der Waals surface area contributed by atoms with Gasteiger partial charge in [-0.15, -0.1) is 0 Å². The van der Waals surface area contributed by atoms with Gasteiger partial charge >= 0.3 is 0 Å². The van der Waals surface area contributed by atoms with Gasteiger partial charge in [0.25, 0.3) is 5.91 Å². The molecule has 3 amide bonds. The molecule has 5 nitrogen and oxygen atoms in total. The quantitative estimate of drug-likeness (QED) is 0.771. The van der Waals surface area contributed by atoms with Gasteiger partial charge in [0.2, 0.25) is 11.8 Å². The van der Waals surface area contributed by atoms with Crippen LogP contribution in [0.4, 0.5) is 8.78 Å². The van der Waals surface area contributed by atoms with Crippen molar-refractivity contribution in [2.75, 3.05) is 0 Å². The first-order valence-corrected chi connectivity index (χ1v) is 8.59. The molecule has 0 N–H and O–H groups in total. The third-order valence-electron chi connectivity index (χ3n) is 5.57. The fourth-order valence-electron chi connectivity index (χ4n) is 4.52. The zero-order valence-electron chi connectivity index (χ0n) is 13.6. The van der Waals surface area contributed by atoms with E-state index >= 15 is 0 Å². The fraction of sp³-hybridized carbons (Fsp3) is 0.500. The van der Waals surface area contributed by atoms with Crippen LogP contribution >= 0.6 is 0 Å². The Kier molecular flexibility index (Phi) is 3.81. The molecule has 3 fully saturated rings. The summed E-state index contributed by atoms with van der Waals surface area (Å²) < 4.78 is 27.9. The zero-order chi connectivity index (χ0) is 17.7. The van der Waals surface area contributed by atoms with Crippen molar-refractivity contribution in [2.45, 2.75) is 56.7 Å². The van der Waals surface area contributed by atoms with Crippen LogP contribution in [0.2, 0.25) is 0 Å². The van der Waals surface area contributed by atoms with Crippen molar-refractivity contribution in [3.05, 3.63) is 35.4 Å². The van der Waals surface area contributed by atoms with Gasteiger partial charge in [0.1, 0.15) is 17.2 Å². The van der Waals surface area contributed by atoms with Gasteiger partial charge in [0, 0.05) is 31.0 Å². The molecule has 3 aliphatic heterocycles. The Morgan fingerprint density at radius 3 is 1.96 bits per heavy atom. The Bertz CT molecular complexity index is 716. The Hall–Kier alpha value is -2.31. The summed E-state index contributed by atoms with van der Waals surface area (Å²) in [4.78, 5) is 39.6. The molecule has 0 spiro atoms. The van der Waals surface area contributed by atoms with E-state index in [-0.39, 0.29) is 42.8 Å². The van der Waals surface area contributed by atoms with E-state index in [1.165, 1.54) is 11.0 Å². The number of hydrogen-bond donors (Lipinski definition) is 0. The summed E-state index contributed by atoms with van der Waals surface area (Å²) in [7, 11) is 0. The van der Waals surface area contributed by atoms with Crippen LogP contribution in [0.25, 0.3) is 0 Å². The first kappa shape index (κ1) is 16.2. The molecule has 1 aromatic carbocycles. The summed E-state index contributed by atoms with van der Waals surface area (Å²) in [5.41, 5.74) is -0.522. The number of rotatable bonds is 2. The van der Waals surface area contributed by atoms with Crippen LogP contribution in [0, 0.1) is 11.6 Å². The molecule has 0 aliphatic carbocycles. The molecule has 2 bridgehead atoms. The number of carbonyl (C=O) groups is 3. The summed E-state index contributed by atoms with van der Waals surface area (Å²) >= 11 is 0. The Labute approximate surface area is 143 Å². The van der Waals surface area contributed by atoms with Crippen LogP contribution < -0.4 is 0 Å². The van der Waals surface area contributed by atoms with Crippen LogP contribution in [0.1, 0.15) is 48.9 Å². The predicted octanol–water partition coefficient (Wildman–Crippen LogP) is 2.25. The number of benzene rings is 1. The molecule has 3 saturated heterocycles. The average molecular weight is 348 g/mol. The molecule has 0 radical (unpaired) electrons. The Balaban J connectivity index is 1.58. The third-order valence-corrected chi connectivity index (χ3v) is 5.57. The standard InChI is InChI=1S/C18H18F2N2O3/c19-13-2-1-3-14(20)17(13)18(25)21-10-4-5-11(21)9-12(8-10)22-15(23)6-7-16(22)24/h1-3,10-12H,4-9H2. The number of amides is 3. The number of carbonyl (C=O) groups excluding carboxylic acids is 3. The summed E-state index contributed by atoms with van der Waals surface area (Å²) in [6, 6.07) is 2.77. The van der Waals surface area contributed by atoms with Gasteiger partial charge in [-0.3, -0.25) is 19.3 Å². The van der Waals surface area contributed by atoms with Crippen molar-refractivity contribution in [2.24, 2.45) is 0 Å². The first-order valence-electron chi connectivity index (χ1n) is 8.59. The number of fused-ring (bicyclic) bond motifs is 2. The molecular weight excluding hydrogens is 330 g/mol. The van der Waals surface area contributed by atoms with Gasteiger partial charge in [-0.05, 0) is 37.8 Å². The Morgan fingerprint density at radius 2 is 1.44 bits per heavy atom. The molecule has 2 unspecified atom stereocenters. The van der Waals surface area contributed by atoms with Gasteiger partial charge in [-0.1, -0.05) is 6.07 Å². The molecule has 7 heteroatoms. The van der Waals surface area contributed by atoms with Crippen LogP contribution in [0.5, 0.6) is 0 Å². The topological polar surface area (TPSA) is 57.7 Å². The minimum atomic E-state index is -0.864.